The Morgan fingerprint density at radius 3 is 1.92 bits per heavy atom. The predicted octanol–water partition coefficient (Wildman–Crippen LogP) is 16.3. The van der Waals surface area contributed by atoms with Gasteiger partial charge in [0.2, 0.25) is 0 Å². The SMILES string of the molecule is C/C=C\C1=C(C)Cc2c1ccc1c2-c2ccccc2C12C(CC)=C(/C=C\CN(C)c1ccc3ccccc3c1)c1ccccc12.C/C=C\c1ccccc1CC.CC.CC. The van der Waals surface area contributed by atoms with Crippen LogP contribution in [-0.4, -0.2) is 13.6 Å². The van der Waals surface area contributed by atoms with Crippen molar-refractivity contribution in [3.63, 3.8) is 0 Å². The minimum absolute atomic E-state index is 0.270. The van der Waals surface area contributed by atoms with E-state index in [9.17, 15) is 0 Å². The van der Waals surface area contributed by atoms with Crippen molar-refractivity contribution in [3.8, 4) is 11.1 Å². The second-order valence-corrected chi connectivity index (χ2v) is 15.3. The van der Waals surface area contributed by atoms with E-state index in [1.165, 1.54) is 94.4 Å². The average molecular weight is 788 g/mol. The fraction of sp³-hybridized carbons (Fsp3) is 0.254. The number of nitrogens with zero attached hydrogens (tertiary/aromatic N) is 1. The summed E-state index contributed by atoms with van der Waals surface area (Å²) >= 11 is 0. The van der Waals surface area contributed by atoms with Crippen molar-refractivity contribution in [3.05, 3.63) is 213 Å². The fourth-order valence-corrected chi connectivity index (χ4v) is 9.75. The zero-order valence-electron chi connectivity index (χ0n) is 37.9. The van der Waals surface area contributed by atoms with E-state index in [0.29, 0.717) is 0 Å². The lowest BCUT2D eigenvalue weighted by molar-refractivity contribution is 0.732. The van der Waals surface area contributed by atoms with Gasteiger partial charge in [0.25, 0.3) is 0 Å². The smallest absolute Gasteiger partial charge is 0.0688 e. The highest BCUT2D eigenvalue weighted by molar-refractivity contribution is 6.00. The number of anilines is 1. The van der Waals surface area contributed by atoms with Gasteiger partial charge in [0.1, 0.15) is 0 Å². The lowest BCUT2D eigenvalue weighted by Crippen LogP contribution is -2.27. The first kappa shape index (κ1) is 43.7. The first-order valence-corrected chi connectivity index (χ1v) is 22.5. The molecule has 60 heavy (non-hydrogen) atoms. The van der Waals surface area contributed by atoms with Crippen LogP contribution in [0.2, 0.25) is 0 Å². The second kappa shape index (κ2) is 19.9. The van der Waals surface area contributed by atoms with Gasteiger partial charge in [-0.3, -0.25) is 0 Å². The molecule has 3 aliphatic carbocycles. The number of fused-ring (bicyclic) bond motifs is 10. The molecule has 1 nitrogen and oxygen atoms in total. The maximum absolute atomic E-state index is 2.46. The summed E-state index contributed by atoms with van der Waals surface area (Å²) < 4.78 is 0. The largest absolute Gasteiger partial charge is 0.371 e. The van der Waals surface area contributed by atoms with Crippen molar-refractivity contribution in [2.24, 2.45) is 0 Å². The summed E-state index contributed by atoms with van der Waals surface area (Å²) in [5.41, 5.74) is 20.9. The van der Waals surface area contributed by atoms with Crippen LogP contribution in [-0.2, 0) is 18.3 Å². The van der Waals surface area contributed by atoms with Gasteiger partial charge >= 0.3 is 0 Å². The minimum atomic E-state index is -0.270. The highest BCUT2D eigenvalue weighted by Crippen LogP contribution is 2.64. The Balaban J connectivity index is 0.000000346. The molecule has 1 atom stereocenters. The van der Waals surface area contributed by atoms with Gasteiger partial charge in [0.05, 0.1) is 5.41 Å². The number of hydrogen-bond donors (Lipinski definition) is 0. The Hall–Kier alpha value is -5.92. The number of allylic oxidation sites excluding steroid dienone is 8. The second-order valence-electron chi connectivity index (χ2n) is 15.3. The van der Waals surface area contributed by atoms with Crippen molar-refractivity contribution in [1.82, 2.24) is 0 Å². The van der Waals surface area contributed by atoms with Crippen molar-refractivity contribution in [2.75, 3.05) is 18.5 Å². The van der Waals surface area contributed by atoms with E-state index in [4.69, 9.17) is 0 Å². The van der Waals surface area contributed by atoms with E-state index >= 15 is 0 Å². The normalized spacial score (nSPS) is 15.7. The van der Waals surface area contributed by atoms with E-state index in [1.54, 1.807) is 0 Å². The van der Waals surface area contributed by atoms with E-state index in [2.05, 4.69) is 203 Å². The molecule has 1 heteroatoms. The molecule has 0 bridgehead atoms. The van der Waals surface area contributed by atoms with Crippen LogP contribution in [0.15, 0.2) is 169 Å². The Morgan fingerprint density at radius 1 is 0.583 bits per heavy atom. The summed E-state index contributed by atoms with van der Waals surface area (Å²) in [6.07, 6.45) is 16.6. The van der Waals surface area contributed by atoms with Crippen LogP contribution in [0.1, 0.15) is 113 Å². The molecule has 0 radical (unpaired) electrons. The number of rotatable bonds is 8. The molecule has 0 amide bonds. The molecule has 3 aliphatic rings. The monoisotopic (exact) mass is 788 g/mol. The van der Waals surface area contributed by atoms with Crippen molar-refractivity contribution >= 4 is 33.7 Å². The lowest BCUT2D eigenvalue weighted by Gasteiger charge is -2.32. The molecule has 1 unspecified atom stereocenters. The maximum Gasteiger partial charge on any atom is 0.0688 e. The molecule has 0 N–H and O–H groups in total. The minimum Gasteiger partial charge on any atom is -0.371 e. The zero-order valence-corrected chi connectivity index (χ0v) is 37.9. The topological polar surface area (TPSA) is 3.24 Å². The first-order valence-electron chi connectivity index (χ1n) is 22.5. The third-order valence-electron chi connectivity index (χ3n) is 12.2. The van der Waals surface area contributed by atoms with Gasteiger partial charge in [0, 0.05) is 19.3 Å². The summed E-state index contributed by atoms with van der Waals surface area (Å²) in [6.45, 7) is 19.8. The Morgan fingerprint density at radius 2 is 1.22 bits per heavy atom. The van der Waals surface area contributed by atoms with E-state index in [1.807, 2.05) is 34.6 Å². The van der Waals surface area contributed by atoms with E-state index in [0.717, 1.165) is 25.8 Å². The summed E-state index contributed by atoms with van der Waals surface area (Å²) in [7, 11) is 2.19. The molecule has 6 aromatic rings. The molecule has 0 fully saturated rings. The summed E-state index contributed by atoms with van der Waals surface area (Å²) in [4.78, 5) is 2.34. The summed E-state index contributed by atoms with van der Waals surface area (Å²) in [6, 6.07) is 47.1. The highest BCUT2D eigenvalue weighted by Gasteiger charge is 2.52. The standard InChI is InChI=1S/C44H39N.C11H14.2C2H6/c1-5-14-33-29(3)27-38-34(33)24-25-42-43(38)37-18-10-12-21-41(37)44(42)39(6-2)35(36-17-9-11-20-40(36)44)19-13-26-45(4)32-23-22-30-15-7-8-16-31(30)28-32;1-3-7-11-9-6-5-8-10(11)4-2;2*1-2/h5,7-25,28H,6,26-27H2,1-4H3;3,5-9H,4H2,1-2H3;2*1-2H3/b14-5-,19-13-;7-3-;;. The van der Waals surface area contributed by atoms with Crippen LogP contribution < -0.4 is 4.90 Å². The molecule has 0 saturated heterocycles. The van der Waals surface area contributed by atoms with E-state index in [-0.39, 0.29) is 5.41 Å². The number of likely N-dealkylation sites (N-methyl/N-ethyl adjacent to an activating group) is 1. The van der Waals surface area contributed by atoms with E-state index < -0.39 is 0 Å². The van der Waals surface area contributed by atoms with Gasteiger partial charge < -0.3 is 4.90 Å². The van der Waals surface area contributed by atoms with Gasteiger partial charge in [-0.1, -0.05) is 199 Å². The highest BCUT2D eigenvalue weighted by atomic mass is 15.1. The van der Waals surface area contributed by atoms with Crippen LogP contribution in [0.4, 0.5) is 5.69 Å². The maximum atomic E-state index is 2.46. The number of aryl methyl sites for hydroxylation is 1. The van der Waals surface area contributed by atoms with Gasteiger partial charge in [-0.15, -0.1) is 0 Å². The Bertz CT molecular complexity index is 2600. The molecule has 6 aromatic carbocycles. The molecule has 1 spiro atoms. The summed E-state index contributed by atoms with van der Waals surface area (Å²) in [5.74, 6) is 0. The molecule has 0 saturated carbocycles. The molecule has 0 aliphatic heterocycles. The Labute approximate surface area is 362 Å². The average Bonchev–Trinajstić information content (AvgIpc) is 3.90. The van der Waals surface area contributed by atoms with Crippen LogP contribution >= 0.6 is 0 Å². The van der Waals surface area contributed by atoms with Crippen LogP contribution in [0, 0.1) is 0 Å². The summed E-state index contributed by atoms with van der Waals surface area (Å²) in [5, 5.41) is 2.56. The first-order chi connectivity index (χ1) is 29.5. The van der Waals surface area contributed by atoms with Crippen molar-refractivity contribution in [2.45, 2.75) is 87.0 Å². The van der Waals surface area contributed by atoms with Gasteiger partial charge in [-0.05, 0) is 135 Å². The van der Waals surface area contributed by atoms with Crippen LogP contribution in [0.25, 0.3) is 39.1 Å². The quantitative estimate of drug-likeness (QED) is 0.148. The van der Waals surface area contributed by atoms with Crippen molar-refractivity contribution in [1.29, 1.82) is 0 Å². The predicted molar refractivity (Wildman–Crippen MR) is 266 cm³/mol. The molecule has 306 valence electrons. The molecular formula is C59H65N. The molecular weight excluding hydrogens is 723 g/mol. The fourth-order valence-electron chi connectivity index (χ4n) is 9.75. The van der Waals surface area contributed by atoms with Crippen LogP contribution in [0.3, 0.4) is 0 Å². The van der Waals surface area contributed by atoms with Crippen molar-refractivity contribution < 1.29 is 0 Å². The van der Waals surface area contributed by atoms with Gasteiger partial charge in [-0.25, -0.2) is 0 Å². The van der Waals surface area contributed by atoms with Gasteiger partial charge in [-0.2, -0.15) is 0 Å². The third kappa shape index (κ3) is 7.79. The van der Waals surface area contributed by atoms with Gasteiger partial charge in [0.15, 0.2) is 0 Å². The molecule has 0 aromatic heterocycles. The van der Waals surface area contributed by atoms with Crippen LogP contribution in [0.5, 0.6) is 0 Å². The number of hydrogen-bond acceptors (Lipinski definition) is 1. The number of benzene rings is 6. The molecule has 0 heterocycles. The third-order valence-corrected chi connectivity index (χ3v) is 12.2. The lowest BCUT2D eigenvalue weighted by atomic mass is 9.68. The Kier molecular flexibility index (Phi) is 14.5. The molecule has 9 rings (SSSR count). The zero-order chi connectivity index (χ0) is 42.8.